The van der Waals surface area contributed by atoms with Crippen molar-refractivity contribution in [1.29, 1.82) is 0 Å². The molecular weight excluding hydrogens is 337 g/mol. The Kier molecular flexibility index (Phi) is 5.24. The molecule has 0 N–H and O–H groups in total. The van der Waals surface area contributed by atoms with Crippen LogP contribution in [0.5, 0.6) is 5.75 Å². The van der Waals surface area contributed by atoms with Gasteiger partial charge < -0.3 is 8.92 Å². The van der Waals surface area contributed by atoms with Crippen LogP contribution in [-0.4, -0.2) is 27.0 Å². The second-order valence-electron chi connectivity index (χ2n) is 3.53. The quantitative estimate of drug-likeness (QED) is 0.363. The number of hydrogen-bond acceptors (Lipinski definition) is 5. The second-order valence-corrected chi connectivity index (χ2v) is 5.47. The van der Waals surface area contributed by atoms with Gasteiger partial charge in [-0.15, -0.1) is 0 Å². The maximum absolute atomic E-state index is 12.2. The number of benzene rings is 1. The van der Waals surface area contributed by atoms with Crippen LogP contribution < -0.4 is 4.18 Å². The molecule has 0 atom stereocenters. The molecule has 0 amide bonds. The molecule has 116 valence electrons. The normalized spacial score (nSPS) is 12.4. The summed E-state index contributed by atoms with van der Waals surface area (Å²) in [5.41, 5.74) is -5.22. The first-order valence-corrected chi connectivity index (χ1v) is 6.92. The predicted molar refractivity (Wildman–Crippen MR) is 68.1 cm³/mol. The summed E-state index contributed by atoms with van der Waals surface area (Å²) in [6.45, 7) is 0. The fourth-order valence-corrected chi connectivity index (χ4v) is 1.84. The summed E-state index contributed by atoms with van der Waals surface area (Å²) in [6, 6.07) is 3.28. The number of rotatable bonds is 4. The lowest BCUT2D eigenvalue weighted by Crippen LogP contribution is -2.28. The van der Waals surface area contributed by atoms with Crippen LogP contribution in [0.15, 0.2) is 24.3 Å². The largest absolute Gasteiger partial charge is 0.534 e. The van der Waals surface area contributed by atoms with E-state index in [1.54, 1.807) is 0 Å². The van der Waals surface area contributed by atoms with Gasteiger partial charge >= 0.3 is 21.6 Å². The molecule has 1 aromatic carbocycles. The highest BCUT2D eigenvalue weighted by atomic mass is 35.5. The Labute approximate surface area is 123 Å². The number of methoxy groups -OCH3 is 1. The van der Waals surface area contributed by atoms with Gasteiger partial charge in [0, 0.05) is 6.08 Å². The molecule has 1 aromatic rings. The predicted octanol–water partition coefficient (Wildman–Crippen LogP) is 2.75. The van der Waals surface area contributed by atoms with E-state index in [1.807, 2.05) is 0 Å². The van der Waals surface area contributed by atoms with E-state index in [9.17, 15) is 26.4 Å². The summed E-state index contributed by atoms with van der Waals surface area (Å²) in [5, 5.41) is -0.366. The lowest BCUT2D eigenvalue weighted by molar-refractivity contribution is -0.134. The molecule has 10 heteroatoms. The summed E-state index contributed by atoms with van der Waals surface area (Å²) in [5.74, 6) is -1.32. The molecule has 21 heavy (non-hydrogen) atoms. The first-order valence-electron chi connectivity index (χ1n) is 5.13. The molecule has 0 radical (unpaired) electrons. The average Bonchev–Trinajstić information content (AvgIpc) is 2.37. The molecular formula is C11H8ClF3O5S. The first-order chi connectivity index (χ1) is 9.56. The zero-order chi connectivity index (χ0) is 16.3. The Morgan fingerprint density at radius 2 is 1.95 bits per heavy atom. The zero-order valence-corrected chi connectivity index (χ0v) is 11.9. The third-order valence-electron chi connectivity index (χ3n) is 2.05. The van der Waals surface area contributed by atoms with Crippen molar-refractivity contribution in [3.05, 3.63) is 34.9 Å². The highest BCUT2D eigenvalue weighted by Gasteiger charge is 2.48. The first kappa shape index (κ1) is 17.3. The number of carbonyl (C=O) groups excluding carboxylic acids is 1. The number of ether oxygens (including phenoxy) is 1. The Hall–Kier alpha value is -1.74. The molecule has 0 saturated carbocycles. The summed E-state index contributed by atoms with van der Waals surface area (Å²) < 4.78 is 66.4. The number of hydrogen-bond donors (Lipinski definition) is 0. The van der Waals surface area contributed by atoms with Crippen LogP contribution in [0.3, 0.4) is 0 Å². The van der Waals surface area contributed by atoms with E-state index in [0.717, 1.165) is 18.2 Å². The average molecular weight is 345 g/mol. The second kappa shape index (κ2) is 6.35. The standard InChI is InChI=1S/C11H8ClF3O5S/c1-19-10(16)5-3-7-2-4-9(8(12)6-7)20-21(17,18)11(13,14)15/h2-6H,1H3/b5-3+. The van der Waals surface area contributed by atoms with Crippen molar-refractivity contribution in [3.8, 4) is 5.75 Å². The van der Waals surface area contributed by atoms with Gasteiger partial charge in [0.2, 0.25) is 0 Å². The van der Waals surface area contributed by atoms with E-state index in [4.69, 9.17) is 11.6 Å². The molecule has 0 aromatic heterocycles. The van der Waals surface area contributed by atoms with Crippen molar-refractivity contribution in [1.82, 2.24) is 0 Å². The van der Waals surface area contributed by atoms with Crippen LogP contribution in [-0.2, 0) is 19.6 Å². The monoisotopic (exact) mass is 344 g/mol. The highest BCUT2D eigenvalue weighted by Crippen LogP contribution is 2.32. The topological polar surface area (TPSA) is 69.7 Å². The minimum absolute atomic E-state index is 0.335. The van der Waals surface area contributed by atoms with Gasteiger partial charge in [-0.3, -0.25) is 0 Å². The van der Waals surface area contributed by atoms with Gasteiger partial charge in [-0.25, -0.2) is 4.79 Å². The number of halogens is 4. The van der Waals surface area contributed by atoms with Crippen molar-refractivity contribution in [3.63, 3.8) is 0 Å². The number of alkyl halides is 3. The number of esters is 1. The van der Waals surface area contributed by atoms with E-state index >= 15 is 0 Å². The van der Waals surface area contributed by atoms with Crippen LogP contribution >= 0.6 is 11.6 Å². The smallest absolute Gasteiger partial charge is 0.466 e. The van der Waals surface area contributed by atoms with E-state index in [0.29, 0.717) is 5.56 Å². The summed E-state index contributed by atoms with van der Waals surface area (Å²) in [7, 11) is -4.63. The summed E-state index contributed by atoms with van der Waals surface area (Å²) in [4.78, 5) is 10.9. The molecule has 0 fully saturated rings. The minimum Gasteiger partial charge on any atom is -0.466 e. The highest BCUT2D eigenvalue weighted by molar-refractivity contribution is 7.88. The third-order valence-corrected chi connectivity index (χ3v) is 3.31. The van der Waals surface area contributed by atoms with Gasteiger partial charge in [0.1, 0.15) is 0 Å². The van der Waals surface area contributed by atoms with Crippen molar-refractivity contribution >= 4 is 33.8 Å². The van der Waals surface area contributed by atoms with Crippen LogP contribution in [0, 0.1) is 0 Å². The Morgan fingerprint density at radius 3 is 2.43 bits per heavy atom. The zero-order valence-electron chi connectivity index (χ0n) is 10.3. The molecule has 0 aliphatic rings. The molecule has 0 bridgehead atoms. The molecule has 0 aliphatic heterocycles. The van der Waals surface area contributed by atoms with Gasteiger partial charge in [0.15, 0.2) is 5.75 Å². The molecule has 0 aliphatic carbocycles. The van der Waals surface area contributed by atoms with E-state index in [2.05, 4.69) is 8.92 Å². The summed E-state index contributed by atoms with van der Waals surface area (Å²) in [6.07, 6.45) is 2.33. The summed E-state index contributed by atoms with van der Waals surface area (Å²) >= 11 is 5.63. The van der Waals surface area contributed by atoms with Gasteiger partial charge in [-0.1, -0.05) is 17.7 Å². The van der Waals surface area contributed by atoms with Gasteiger partial charge in [-0.2, -0.15) is 21.6 Å². The van der Waals surface area contributed by atoms with E-state index < -0.39 is 27.3 Å². The maximum atomic E-state index is 12.2. The SMILES string of the molecule is COC(=O)/C=C/c1ccc(OS(=O)(=O)C(F)(F)F)c(Cl)c1. The van der Waals surface area contributed by atoms with E-state index in [1.165, 1.54) is 19.3 Å². The lowest BCUT2D eigenvalue weighted by Gasteiger charge is -2.10. The lowest BCUT2D eigenvalue weighted by atomic mass is 10.2. The van der Waals surface area contributed by atoms with Crippen molar-refractivity contribution in [2.45, 2.75) is 5.51 Å². The van der Waals surface area contributed by atoms with Crippen molar-refractivity contribution in [2.24, 2.45) is 0 Å². The molecule has 0 saturated heterocycles. The fourth-order valence-electron chi connectivity index (χ4n) is 1.09. The van der Waals surface area contributed by atoms with Crippen LogP contribution in [0.1, 0.15) is 5.56 Å². The number of carbonyl (C=O) groups is 1. The van der Waals surface area contributed by atoms with Gasteiger partial charge in [0.25, 0.3) is 0 Å². The molecule has 1 rings (SSSR count). The Bertz CT molecular complexity index is 667. The maximum Gasteiger partial charge on any atom is 0.534 e. The van der Waals surface area contributed by atoms with Gasteiger partial charge in [-0.05, 0) is 23.8 Å². The van der Waals surface area contributed by atoms with Crippen molar-refractivity contribution in [2.75, 3.05) is 7.11 Å². The molecule has 5 nitrogen and oxygen atoms in total. The molecule has 0 heterocycles. The Balaban J connectivity index is 3.00. The minimum atomic E-state index is -5.79. The van der Waals surface area contributed by atoms with Crippen LogP contribution in [0.25, 0.3) is 6.08 Å². The fraction of sp³-hybridized carbons (Fsp3) is 0.182. The van der Waals surface area contributed by atoms with Crippen LogP contribution in [0.4, 0.5) is 13.2 Å². The van der Waals surface area contributed by atoms with E-state index in [-0.39, 0.29) is 5.02 Å². The van der Waals surface area contributed by atoms with Crippen LogP contribution in [0.2, 0.25) is 5.02 Å². The molecule has 0 unspecified atom stereocenters. The Morgan fingerprint density at radius 1 is 1.33 bits per heavy atom. The van der Waals surface area contributed by atoms with Gasteiger partial charge in [0.05, 0.1) is 12.1 Å². The van der Waals surface area contributed by atoms with Crippen molar-refractivity contribution < 1.29 is 35.3 Å². The third kappa shape index (κ3) is 4.64. The molecule has 0 spiro atoms.